The van der Waals surface area contributed by atoms with E-state index in [0.717, 1.165) is 11.1 Å². The van der Waals surface area contributed by atoms with Gasteiger partial charge in [0.2, 0.25) is 0 Å². The number of hydrogen-bond donors (Lipinski definition) is 1. The Kier molecular flexibility index (Phi) is 8.36. The van der Waals surface area contributed by atoms with Crippen LogP contribution in [0.25, 0.3) is 12.2 Å². The van der Waals surface area contributed by atoms with Gasteiger partial charge in [-0.15, -0.1) is 0 Å². The average Bonchev–Trinajstić information content (AvgIpc) is 2.73. The Morgan fingerprint density at radius 3 is 2.34 bits per heavy atom. The highest BCUT2D eigenvalue weighted by atomic mass is 16.5. The van der Waals surface area contributed by atoms with Crippen LogP contribution in [-0.2, 0) is 14.3 Å². The number of rotatable bonds is 8. The lowest BCUT2D eigenvalue weighted by molar-refractivity contribution is -0.128. The van der Waals surface area contributed by atoms with Crippen LogP contribution in [0.3, 0.4) is 0 Å². The Morgan fingerprint density at radius 2 is 1.72 bits per heavy atom. The minimum absolute atomic E-state index is 0.0214. The lowest BCUT2D eigenvalue weighted by Gasteiger charge is -2.04. The first-order valence-electron chi connectivity index (χ1n) is 8.97. The molecule has 0 aromatic heterocycles. The number of hydrogen-bond acceptors (Lipinski definition) is 5. The van der Waals surface area contributed by atoms with Crippen LogP contribution < -0.4 is 10.1 Å². The molecule has 148 valence electrons. The van der Waals surface area contributed by atoms with Gasteiger partial charge in [0, 0.05) is 19.7 Å². The highest BCUT2D eigenvalue weighted by Gasteiger charge is 2.08. The van der Waals surface area contributed by atoms with E-state index in [1.54, 1.807) is 30.3 Å². The highest BCUT2D eigenvalue weighted by molar-refractivity contribution is 6.01. The third-order valence-corrected chi connectivity index (χ3v) is 3.86. The summed E-state index contributed by atoms with van der Waals surface area (Å²) in [5.41, 5.74) is 2.66. The fourth-order valence-corrected chi connectivity index (χ4v) is 2.30. The molecule has 0 radical (unpaired) electrons. The van der Waals surface area contributed by atoms with Gasteiger partial charge in [-0.3, -0.25) is 4.79 Å². The molecule has 1 N–H and O–H groups in total. The molecule has 0 spiro atoms. The van der Waals surface area contributed by atoms with Crippen molar-refractivity contribution in [3.8, 4) is 11.8 Å². The Balaban J connectivity index is 1.96. The van der Waals surface area contributed by atoms with Gasteiger partial charge in [0.1, 0.15) is 17.4 Å². The molecule has 0 saturated heterocycles. The molecule has 1 amide bonds. The fraction of sp³-hybridized carbons (Fsp3) is 0.174. The lowest BCUT2D eigenvalue weighted by Crippen LogP contribution is -2.27. The van der Waals surface area contributed by atoms with Crippen molar-refractivity contribution in [2.45, 2.75) is 6.92 Å². The molecule has 2 aromatic rings. The van der Waals surface area contributed by atoms with Crippen LogP contribution in [0.1, 0.15) is 16.7 Å². The number of nitrogens with zero attached hydrogens (tertiary/aromatic N) is 1. The number of amides is 1. The number of esters is 1. The number of methoxy groups -OCH3 is 1. The van der Waals surface area contributed by atoms with Crippen LogP contribution in [0.2, 0.25) is 0 Å². The van der Waals surface area contributed by atoms with Crippen LogP contribution in [0.4, 0.5) is 0 Å². The molecule has 0 fully saturated rings. The zero-order valence-corrected chi connectivity index (χ0v) is 16.3. The first-order chi connectivity index (χ1) is 14.0. The lowest BCUT2D eigenvalue weighted by atomic mass is 10.1. The van der Waals surface area contributed by atoms with Crippen LogP contribution in [-0.4, -0.2) is 32.1 Å². The van der Waals surface area contributed by atoms with E-state index in [2.05, 4.69) is 5.32 Å². The number of benzene rings is 2. The summed E-state index contributed by atoms with van der Waals surface area (Å²) in [5.74, 6) is -0.603. The molecule has 2 rings (SSSR count). The standard InChI is InChI=1S/C23H22N2O4/c1-17-3-5-18(6-4-17)9-12-22(26)29-21-10-7-19(8-11-21)15-20(16-24)23(27)25-13-14-28-2/h3-12,15H,13-14H2,1-2H3,(H,25,27)/b12-9+,20-15+. The first-order valence-corrected chi connectivity index (χ1v) is 8.97. The Labute approximate surface area is 170 Å². The Morgan fingerprint density at radius 1 is 1.07 bits per heavy atom. The third-order valence-electron chi connectivity index (χ3n) is 3.86. The molecule has 0 unspecified atom stereocenters. The largest absolute Gasteiger partial charge is 0.423 e. The van der Waals surface area contributed by atoms with E-state index in [0.29, 0.717) is 24.5 Å². The second kappa shape index (κ2) is 11.2. The normalized spacial score (nSPS) is 11.1. The summed E-state index contributed by atoms with van der Waals surface area (Å²) >= 11 is 0. The van der Waals surface area contributed by atoms with Crippen LogP contribution in [0, 0.1) is 18.3 Å². The van der Waals surface area contributed by atoms with Gasteiger partial charge in [0.15, 0.2) is 0 Å². The maximum absolute atomic E-state index is 11.9. The van der Waals surface area contributed by atoms with Crippen molar-refractivity contribution in [1.82, 2.24) is 5.32 Å². The van der Waals surface area contributed by atoms with Gasteiger partial charge >= 0.3 is 5.97 Å². The fourth-order valence-electron chi connectivity index (χ4n) is 2.30. The molecular formula is C23H22N2O4. The summed E-state index contributed by atoms with van der Waals surface area (Å²) in [6.45, 7) is 2.68. The van der Waals surface area contributed by atoms with E-state index in [-0.39, 0.29) is 5.57 Å². The number of nitriles is 1. The van der Waals surface area contributed by atoms with Gasteiger partial charge < -0.3 is 14.8 Å². The summed E-state index contributed by atoms with van der Waals surface area (Å²) in [7, 11) is 1.53. The number of nitrogens with one attached hydrogen (secondary N) is 1. The van der Waals surface area contributed by atoms with Crippen molar-refractivity contribution in [3.63, 3.8) is 0 Å². The van der Waals surface area contributed by atoms with Gasteiger partial charge in [0.05, 0.1) is 6.61 Å². The SMILES string of the molecule is COCCNC(=O)/C(C#N)=C/c1ccc(OC(=O)/C=C/c2ccc(C)cc2)cc1. The van der Waals surface area contributed by atoms with Crippen LogP contribution in [0.15, 0.2) is 60.2 Å². The summed E-state index contributed by atoms with van der Waals surface area (Å²) in [6.07, 6.45) is 4.50. The molecule has 0 bridgehead atoms. The highest BCUT2D eigenvalue weighted by Crippen LogP contribution is 2.15. The van der Waals surface area contributed by atoms with E-state index in [1.807, 2.05) is 37.3 Å². The Bertz CT molecular complexity index is 936. The zero-order chi connectivity index (χ0) is 21.1. The second-order valence-corrected chi connectivity index (χ2v) is 6.15. The average molecular weight is 390 g/mol. The topological polar surface area (TPSA) is 88.4 Å². The maximum Gasteiger partial charge on any atom is 0.336 e. The molecule has 2 aromatic carbocycles. The van der Waals surface area contributed by atoms with E-state index in [4.69, 9.17) is 14.7 Å². The van der Waals surface area contributed by atoms with Crippen LogP contribution >= 0.6 is 0 Å². The van der Waals surface area contributed by atoms with Gasteiger partial charge in [-0.05, 0) is 42.3 Å². The number of carbonyl (C=O) groups is 2. The van der Waals surface area contributed by atoms with Crippen molar-refractivity contribution >= 4 is 24.0 Å². The molecule has 0 aliphatic rings. The second-order valence-electron chi connectivity index (χ2n) is 6.15. The molecule has 0 heterocycles. The van der Waals surface area contributed by atoms with Gasteiger partial charge in [-0.25, -0.2) is 4.79 Å². The van der Waals surface area contributed by atoms with E-state index in [9.17, 15) is 9.59 Å². The smallest absolute Gasteiger partial charge is 0.336 e. The molecule has 0 aliphatic carbocycles. The molecule has 0 saturated carbocycles. The number of carbonyl (C=O) groups excluding carboxylic acids is 2. The summed E-state index contributed by atoms with van der Waals surface area (Å²) < 4.78 is 10.1. The molecular weight excluding hydrogens is 368 g/mol. The Hall–Kier alpha value is -3.69. The zero-order valence-electron chi connectivity index (χ0n) is 16.3. The van der Waals surface area contributed by atoms with Crippen LogP contribution in [0.5, 0.6) is 5.75 Å². The quantitative estimate of drug-likeness (QED) is 0.246. The monoisotopic (exact) mass is 390 g/mol. The summed E-state index contributed by atoms with van der Waals surface area (Å²) in [6, 6.07) is 16.1. The molecule has 29 heavy (non-hydrogen) atoms. The van der Waals surface area contributed by atoms with Gasteiger partial charge in [0.25, 0.3) is 5.91 Å². The first kappa shape index (κ1) is 21.6. The predicted molar refractivity (Wildman–Crippen MR) is 111 cm³/mol. The molecule has 0 atom stereocenters. The predicted octanol–water partition coefficient (Wildman–Crippen LogP) is 3.28. The minimum atomic E-state index is -0.496. The molecule has 6 nitrogen and oxygen atoms in total. The van der Waals surface area contributed by atoms with Crippen molar-refractivity contribution < 1.29 is 19.1 Å². The van der Waals surface area contributed by atoms with E-state index >= 15 is 0 Å². The maximum atomic E-state index is 11.9. The van der Waals surface area contributed by atoms with Crippen molar-refractivity contribution in [2.75, 3.05) is 20.3 Å². The summed E-state index contributed by atoms with van der Waals surface area (Å²) in [4.78, 5) is 23.9. The molecule has 0 aliphatic heterocycles. The third kappa shape index (κ3) is 7.45. The molecule has 6 heteroatoms. The van der Waals surface area contributed by atoms with E-state index in [1.165, 1.54) is 19.3 Å². The number of ether oxygens (including phenoxy) is 2. The minimum Gasteiger partial charge on any atom is -0.423 e. The van der Waals surface area contributed by atoms with Gasteiger partial charge in [-0.2, -0.15) is 5.26 Å². The summed E-state index contributed by atoms with van der Waals surface area (Å²) in [5, 5.41) is 11.8. The number of aryl methyl sites for hydroxylation is 1. The van der Waals surface area contributed by atoms with Crippen molar-refractivity contribution in [3.05, 3.63) is 76.9 Å². The van der Waals surface area contributed by atoms with Crippen molar-refractivity contribution in [1.29, 1.82) is 5.26 Å². The van der Waals surface area contributed by atoms with Crippen molar-refractivity contribution in [2.24, 2.45) is 0 Å². The van der Waals surface area contributed by atoms with Gasteiger partial charge in [-0.1, -0.05) is 42.0 Å². The van der Waals surface area contributed by atoms with E-state index < -0.39 is 11.9 Å².